The van der Waals surface area contributed by atoms with Gasteiger partial charge in [-0.15, -0.1) is 0 Å². The molecule has 0 saturated heterocycles. The van der Waals surface area contributed by atoms with E-state index in [0.717, 1.165) is 30.5 Å². The van der Waals surface area contributed by atoms with Crippen molar-refractivity contribution >= 4 is 22.7 Å². The number of hydrogen-bond donors (Lipinski definition) is 1. The van der Waals surface area contributed by atoms with Crippen molar-refractivity contribution in [2.75, 3.05) is 5.32 Å². The van der Waals surface area contributed by atoms with Crippen LogP contribution in [0.25, 0.3) is 22.6 Å². The second-order valence-corrected chi connectivity index (χ2v) is 6.55. The molecule has 0 spiro atoms. The number of aromatic nitrogens is 1. The molecule has 1 amide bonds. The zero-order valence-electron chi connectivity index (χ0n) is 13.3. The lowest BCUT2D eigenvalue weighted by molar-refractivity contribution is -0.128. The van der Waals surface area contributed by atoms with Crippen LogP contribution in [-0.4, -0.2) is 10.9 Å². The quantitative estimate of drug-likeness (QED) is 0.755. The average molecular weight is 324 g/mol. The lowest BCUT2D eigenvalue weighted by Gasteiger charge is -2.36. The molecule has 4 nitrogen and oxygen atoms in total. The SMILES string of the molecule is CC1(C(=O)Nc2ccc(-c3nc4cccc(F)c4o3)cc2)CCC1. The first-order valence-electron chi connectivity index (χ1n) is 8.02. The van der Waals surface area contributed by atoms with E-state index < -0.39 is 5.82 Å². The Morgan fingerprint density at radius 3 is 2.58 bits per heavy atom. The molecule has 5 heteroatoms. The van der Waals surface area contributed by atoms with Crippen LogP contribution in [0.2, 0.25) is 0 Å². The van der Waals surface area contributed by atoms with Crippen LogP contribution in [0.1, 0.15) is 26.2 Å². The van der Waals surface area contributed by atoms with Crippen molar-refractivity contribution in [3.05, 3.63) is 48.3 Å². The first-order valence-corrected chi connectivity index (χ1v) is 8.02. The van der Waals surface area contributed by atoms with Crippen molar-refractivity contribution in [3.63, 3.8) is 0 Å². The molecule has 1 fully saturated rings. The number of anilines is 1. The summed E-state index contributed by atoms with van der Waals surface area (Å²) in [7, 11) is 0. The molecular weight excluding hydrogens is 307 g/mol. The van der Waals surface area contributed by atoms with Crippen molar-refractivity contribution in [3.8, 4) is 11.5 Å². The van der Waals surface area contributed by atoms with Gasteiger partial charge in [-0.2, -0.15) is 0 Å². The van der Waals surface area contributed by atoms with Gasteiger partial charge >= 0.3 is 0 Å². The van der Waals surface area contributed by atoms with Gasteiger partial charge in [0.05, 0.1) is 0 Å². The summed E-state index contributed by atoms with van der Waals surface area (Å²) in [4.78, 5) is 16.5. The fraction of sp³-hybridized carbons (Fsp3) is 0.263. The van der Waals surface area contributed by atoms with Gasteiger partial charge in [-0.25, -0.2) is 9.37 Å². The molecule has 24 heavy (non-hydrogen) atoms. The molecule has 0 atom stereocenters. The van der Waals surface area contributed by atoms with E-state index >= 15 is 0 Å². The minimum absolute atomic E-state index is 0.0606. The van der Waals surface area contributed by atoms with Gasteiger partial charge in [-0.05, 0) is 49.2 Å². The maximum absolute atomic E-state index is 13.7. The molecule has 1 aliphatic carbocycles. The van der Waals surface area contributed by atoms with Crippen molar-refractivity contribution in [1.29, 1.82) is 0 Å². The Kier molecular flexibility index (Phi) is 3.37. The summed E-state index contributed by atoms with van der Waals surface area (Å²) in [5, 5.41) is 2.95. The minimum Gasteiger partial charge on any atom is -0.433 e. The number of hydrogen-bond acceptors (Lipinski definition) is 3. The highest BCUT2D eigenvalue weighted by molar-refractivity contribution is 5.95. The molecule has 3 aromatic rings. The zero-order valence-corrected chi connectivity index (χ0v) is 13.3. The van der Waals surface area contributed by atoms with E-state index in [-0.39, 0.29) is 16.9 Å². The van der Waals surface area contributed by atoms with Gasteiger partial charge in [-0.1, -0.05) is 19.4 Å². The first kappa shape index (κ1) is 14.9. The number of benzene rings is 2. The number of nitrogens with zero attached hydrogens (tertiary/aromatic N) is 1. The molecule has 4 rings (SSSR count). The normalized spacial score (nSPS) is 15.9. The smallest absolute Gasteiger partial charge is 0.230 e. The summed E-state index contributed by atoms with van der Waals surface area (Å²) in [6.07, 6.45) is 2.98. The summed E-state index contributed by atoms with van der Waals surface area (Å²) in [5.74, 6) is -0.00626. The molecular formula is C19H17FN2O2. The Bertz CT molecular complexity index is 911. The summed E-state index contributed by atoms with van der Waals surface area (Å²) in [6, 6.07) is 11.9. The second kappa shape index (κ2) is 5.44. The number of rotatable bonds is 3. The molecule has 0 radical (unpaired) electrons. The van der Waals surface area contributed by atoms with E-state index in [4.69, 9.17) is 4.42 Å². The van der Waals surface area contributed by atoms with E-state index in [0.29, 0.717) is 11.4 Å². The van der Waals surface area contributed by atoms with E-state index in [2.05, 4.69) is 10.3 Å². The lowest BCUT2D eigenvalue weighted by Crippen LogP contribution is -2.39. The summed E-state index contributed by atoms with van der Waals surface area (Å²) < 4.78 is 19.2. The van der Waals surface area contributed by atoms with Gasteiger partial charge in [0.25, 0.3) is 0 Å². The number of carbonyl (C=O) groups is 1. The van der Waals surface area contributed by atoms with Crippen LogP contribution in [0.15, 0.2) is 46.9 Å². The van der Waals surface area contributed by atoms with Crippen LogP contribution >= 0.6 is 0 Å². The Balaban J connectivity index is 1.56. The molecule has 122 valence electrons. The van der Waals surface area contributed by atoms with Crippen LogP contribution in [-0.2, 0) is 4.79 Å². The molecule has 1 aromatic heterocycles. The number of para-hydroxylation sites is 1. The third kappa shape index (κ3) is 2.46. The fourth-order valence-corrected chi connectivity index (χ4v) is 2.95. The molecule has 2 aromatic carbocycles. The van der Waals surface area contributed by atoms with Gasteiger partial charge in [0.2, 0.25) is 11.8 Å². The highest BCUT2D eigenvalue weighted by Crippen LogP contribution is 2.41. The number of fused-ring (bicyclic) bond motifs is 1. The van der Waals surface area contributed by atoms with Crippen LogP contribution in [0.3, 0.4) is 0 Å². The molecule has 0 aliphatic heterocycles. The van der Waals surface area contributed by atoms with Crippen LogP contribution in [0.4, 0.5) is 10.1 Å². The second-order valence-electron chi connectivity index (χ2n) is 6.55. The van der Waals surface area contributed by atoms with Gasteiger partial charge in [-0.3, -0.25) is 4.79 Å². The van der Waals surface area contributed by atoms with E-state index in [1.807, 2.05) is 6.92 Å². The minimum atomic E-state index is -0.427. The van der Waals surface area contributed by atoms with Crippen LogP contribution in [0, 0.1) is 11.2 Å². The molecule has 0 bridgehead atoms. The monoisotopic (exact) mass is 324 g/mol. The van der Waals surface area contributed by atoms with Crippen LogP contribution in [0.5, 0.6) is 0 Å². The number of nitrogens with one attached hydrogen (secondary N) is 1. The maximum Gasteiger partial charge on any atom is 0.230 e. The first-order chi connectivity index (χ1) is 11.5. The van der Waals surface area contributed by atoms with Crippen molar-refractivity contribution in [1.82, 2.24) is 4.98 Å². The lowest BCUT2D eigenvalue weighted by atomic mass is 9.70. The Hall–Kier alpha value is -2.69. The summed E-state index contributed by atoms with van der Waals surface area (Å²) in [6.45, 7) is 1.99. The maximum atomic E-state index is 13.7. The zero-order chi connectivity index (χ0) is 16.7. The highest BCUT2D eigenvalue weighted by atomic mass is 19.1. The molecule has 1 heterocycles. The summed E-state index contributed by atoms with van der Waals surface area (Å²) >= 11 is 0. The highest BCUT2D eigenvalue weighted by Gasteiger charge is 2.39. The predicted molar refractivity (Wildman–Crippen MR) is 90.0 cm³/mol. The van der Waals surface area contributed by atoms with E-state index in [1.54, 1.807) is 36.4 Å². The molecule has 1 N–H and O–H groups in total. The Morgan fingerprint density at radius 1 is 1.21 bits per heavy atom. The number of oxazole rings is 1. The van der Waals surface area contributed by atoms with Gasteiger partial charge in [0, 0.05) is 16.7 Å². The number of halogens is 1. The third-order valence-electron chi connectivity index (χ3n) is 4.76. The predicted octanol–water partition coefficient (Wildman–Crippen LogP) is 4.76. The van der Waals surface area contributed by atoms with Crippen molar-refractivity contribution in [2.24, 2.45) is 5.41 Å². The summed E-state index contributed by atoms with van der Waals surface area (Å²) in [5.41, 5.74) is 1.87. The van der Waals surface area contributed by atoms with Crippen molar-refractivity contribution in [2.45, 2.75) is 26.2 Å². The third-order valence-corrected chi connectivity index (χ3v) is 4.76. The van der Waals surface area contributed by atoms with E-state index in [1.165, 1.54) is 6.07 Å². The Morgan fingerprint density at radius 2 is 1.96 bits per heavy atom. The Labute approximate surface area is 138 Å². The number of carbonyl (C=O) groups excluding carboxylic acids is 1. The molecule has 0 unspecified atom stereocenters. The van der Waals surface area contributed by atoms with Crippen molar-refractivity contribution < 1.29 is 13.6 Å². The molecule has 1 aliphatic rings. The average Bonchev–Trinajstić information content (AvgIpc) is 2.99. The number of amides is 1. The van der Waals surface area contributed by atoms with Gasteiger partial charge in [0.1, 0.15) is 5.52 Å². The topological polar surface area (TPSA) is 55.1 Å². The largest absolute Gasteiger partial charge is 0.433 e. The van der Waals surface area contributed by atoms with E-state index in [9.17, 15) is 9.18 Å². The fourth-order valence-electron chi connectivity index (χ4n) is 2.95. The van der Waals surface area contributed by atoms with Gasteiger partial charge < -0.3 is 9.73 Å². The molecule has 1 saturated carbocycles. The van der Waals surface area contributed by atoms with Gasteiger partial charge in [0.15, 0.2) is 11.4 Å². The standard InChI is InChI=1S/C19H17FN2O2/c1-19(10-3-11-19)18(23)21-13-8-6-12(7-9-13)17-22-15-5-2-4-14(20)16(15)24-17/h2,4-9H,3,10-11H2,1H3,(H,21,23). The van der Waals surface area contributed by atoms with Crippen LogP contribution < -0.4 is 5.32 Å².